The van der Waals surface area contributed by atoms with Crippen LogP contribution in [0.5, 0.6) is 5.75 Å². The summed E-state index contributed by atoms with van der Waals surface area (Å²) in [5, 5.41) is 12.5. The summed E-state index contributed by atoms with van der Waals surface area (Å²) < 4.78 is 8.35. The zero-order chi connectivity index (χ0) is 23.3. The quantitative estimate of drug-likeness (QED) is 0.394. The summed E-state index contributed by atoms with van der Waals surface area (Å²) in [6.45, 7) is 12.4. The normalized spacial score (nSPS) is 12.2. The molecule has 2 aromatic carbocycles. The SMILES string of the molecule is Cc1ccccc1NC(=O)CSc1nnc(C(C)Oc2ccccc2C(C)C)n1C(C)C. The smallest absolute Gasteiger partial charge is 0.234 e. The number of anilines is 1. The molecule has 0 radical (unpaired) electrons. The highest BCUT2D eigenvalue weighted by Crippen LogP contribution is 2.31. The summed E-state index contributed by atoms with van der Waals surface area (Å²) in [7, 11) is 0. The molecule has 0 bridgehead atoms. The number of carbonyl (C=O) groups excluding carboxylic acids is 1. The topological polar surface area (TPSA) is 69.0 Å². The Hall–Kier alpha value is -2.80. The second-order valence-corrected chi connectivity index (χ2v) is 9.35. The third-order valence-electron chi connectivity index (χ3n) is 5.17. The number of aryl methyl sites for hydroxylation is 1. The molecular formula is C25H32N4O2S. The van der Waals surface area contributed by atoms with Crippen LogP contribution >= 0.6 is 11.8 Å². The van der Waals surface area contributed by atoms with Crippen LogP contribution in [0.3, 0.4) is 0 Å². The summed E-state index contributed by atoms with van der Waals surface area (Å²) in [5.41, 5.74) is 3.03. The number of carbonyl (C=O) groups is 1. The first-order valence-electron chi connectivity index (χ1n) is 11.0. The molecule has 0 aliphatic heterocycles. The third-order valence-corrected chi connectivity index (χ3v) is 6.11. The number of amides is 1. The molecule has 6 nitrogen and oxygen atoms in total. The van der Waals surface area contributed by atoms with Crippen molar-refractivity contribution < 1.29 is 9.53 Å². The van der Waals surface area contributed by atoms with Crippen LogP contribution in [-0.2, 0) is 4.79 Å². The largest absolute Gasteiger partial charge is 0.482 e. The molecule has 0 saturated carbocycles. The number of hydrogen-bond acceptors (Lipinski definition) is 5. The molecule has 170 valence electrons. The van der Waals surface area contributed by atoms with Crippen molar-refractivity contribution in [3.63, 3.8) is 0 Å². The van der Waals surface area contributed by atoms with Crippen LogP contribution in [0.25, 0.3) is 0 Å². The van der Waals surface area contributed by atoms with Gasteiger partial charge in [0.25, 0.3) is 0 Å². The Labute approximate surface area is 194 Å². The molecule has 0 saturated heterocycles. The molecule has 0 aliphatic carbocycles. The summed E-state index contributed by atoms with van der Waals surface area (Å²) in [4.78, 5) is 12.5. The predicted molar refractivity (Wildman–Crippen MR) is 131 cm³/mol. The van der Waals surface area contributed by atoms with Gasteiger partial charge in [-0.3, -0.25) is 4.79 Å². The van der Waals surface area contributed by atoms with Gasteiger partial charge in [0.05, 0.1) is 5.75 Å². The van der Waals surface area contributed by atoms with Crippen LogP contribution in [0.1, 0.15) is 69.6 Å². The van der Waals surface area contributed by atoms with Crippen molar-refractivity contribution in [2.24, 2.45) is 0 Å². The maximum Gasteiger partial charge on any atom is 0.234 e. The van der Waals surface area contributed by atoms with E-state index in [4.69, 9.17) is 4.74 Å². The van der Waals surface area contributed by atoms with Gasteiger partial charge in [0.2, 0.25) is 5.91 Å². The van der Waals surface area contributed by atoms with Crippen molar-refractivity contribution in [1.29, 1.82) is 0 Å². The fourth-order valence-electron chi connectivity index (χ4n) is 3.49. The zero-order valence-corrected chi connectivity index (χ0v) is 20.4. The maximum absolute atomic E-state index is 12.5. The van der Waals surface area contributed by atoms with Crippen LogP contribution < -0.4 is 10.1 Å². The molecule has 1 unspecified atom stereocenters. The van der Waals surface area contributed by atoms with E-state index in [2.05, 4.69) is 49.3 Å². The second kappa shape index (κ2) is 10.7. The van der Waals surface area contributed by atoms with E-state index in [1.54, 1.807) is 0 Å². The third kappa shape index (κ3) is 5.71. The number of hydrogen-bond donors (Lipinski definition) is 1. The first-order valence-corrected chi connectivity index (χ1v) is 11.9. The standard InChI is InChI=1S/C25H32N4O2S/c1-16(2)20-12-8-10-14-22(20)31-19(6)24-27-28-25(29(24)17(3)4)32-15-23(30)26-21-13-9-7-11-18(21)5/h7-14,16-17,19H,15H2,1-6H3,(H,26,30). The fourth-order valence-corrected chi connectivity index (χ4v) is 4.36. The minimum absolute atomic E-state index is 0.0701. The molecule has 1 N–H and O–H groups in total. The molecule has 1 aromatic heterocycles. The van der Waals surface area contributed by atoms with Crippen LogP contribution in [0.2, 0.25) is 0 Å². The Kier molecular flexibility index (Phi) is 7.96. The van der Waals surface area contributed by atoms with E-state index in [1.165, 1.54) is 11.8 Å². The summed E-state index contributed by atoms with van der Waals surface area (Å²) in [5.74, 6) is 2.16. The Morgan fingerprint density at radius 3 is 2.41 bits per heavy atom. The summed E-state index contributed by atoms with van der Waals surface area (Å²) >= 11 is 1.38. The number of aromatic nitrogens is 3. The molecule has 0 aliphatic rings. The summed E-state index contributed by atoms with van der Waals surface area (Å²) in [6.07, 6.45) is -0.278. The molecule has 0 spiro atoms. The Balaban J connectivity index is 1.72. The monoisotopic (exact) mass is 452 g/mol. The molecule has 1 atom stereocenters. The molecule has 1 amide bonds. The number of rotatable bonds is 9. The van der Waals surface area contributed by atoms with Crippen LogP contribution in [-0.4, -0.2) is 26.4 Å². The number of ether oxygens (including phenoxy) is 1. The Morgan fingerprint density at radius 1 is 1.03 bits per heavy atom. The molecule has 0 fully saturated rings. The van der Waals surface area contributed by atoms with E-state index in [9.17, 15) is 4.79 Å². The highest BCUT2D eigenvalue weighted by molar-refractivity contribution is 7.99. The molecular weight excluding hydrogens is 420 g/mol. The van der Waals surface area contributed by atoms with E-state index in [1.807, 2.05) is 60.9 Å². The summed E-state index contributed by atoms with van der Waals surface area (Å²) in [6, 6.07) is 16.0. The van der Waals surface area contributed by atoms with E-state index in [0.717, 1.165) is 28.4 Å². The molecule has 7 heteroatoms. The Morgan fingerprint density at radius 2 is 1.72 bits per heavy atom. The molecule has 32 heavy (non-hydrogen) atoms. The van der Waals surface area contributed by atoms with Gasteiger partial charge in [-0.25, -0.2) is 0 Å². The van der Waals surface area contributed by atoms with E-state index < -0.39 is 0 Å². The highest BCUT2D eigenvalue weighted by Gasteiger charge is 2.23. The maximum atomic E-state index is 12.5. The lowest BCUT2D eigenvalue weighted by Gasteiger charge is -2.21. The molecule has 1 heterocycles. The van der Waals surface area contributed by atoms with Crippen LogP contribution in [0.4, 0.5) is 5.69 Å². The zero-order valence-electron chi connectivity index (χ0n) is 19.6. The van der Waals surface area contributed by atoms with Crippen molar-refractivity contribution >= 4 is 23.4 Å². The van der Waals surface area contributed by atoms with Crippen molar-refractivity contribution in [2.75, 3.05) is 11.1 Å². The van der Waals surface area contributed by atoms with Crippen molar-refractivity contribution in [3.8, 4) is 5.75 Å². The number of para-hydroxylation sites is 2. The van der Waals surface area contributed by atoms with Crippen molar-refractivity contribution in [2.45, 2.75) is 64.8 Å². The minimum Gasteiger partial charge on any atom is -0.482 e. The number of nitrogens with one attached hydrogen (secondary N) is 1. The van der Waals surface area contributed by atoms with Gasteiger partial charge in [0, 0.05) is 11.7 Å². The molecule has 3 rings (SSSR count). The van der Waals surface area contributed by atoms with Gasteiger partial charge in [-0.2, -0.15) is 0 Å². The van der Waals surface area contributed by atoms with Gasteiger partial charge in [-0.1, -0.05) is 62.0 Å². The van der Waals surface area contributed by atoms with Crippen molar-refractivity contribution in [1.82, 2.24) is 14.8 Å². The number of nitrogens with zero attached hydrogens (tertiary/aromatic N) is 3. The van der Waals surface area contributed by atoms with E-state index in [-0.39, 0.29) is 23.8 Å². The first-order chi connectivity index (χ1) is 15.3. The van der Waals surface area contributed by atoms with Gasteiger partial charge < -0.3 is 14.6 Å². The van der Waals surface area contributed by atoms with Crippen LogP contribution in [0, 0.1) is 6.92 Å². The van der Waals surface area contributed by atoms with Gasteiger partial charge in [-0.15, -0.1) is 10.2 Å². The second-order valence-electron chi connectivity index (χ2n) is 8.41. The number of thioether (sulfide) groups is 1. The lowest BCUT2D eigenvalue weighted by Crippen LogP contribution is -2.17. The Bertz CT molecular complexity index is 1060. The molecule has 3 aromatic rings. The van der Waals surface area contributed by atoms with Crippen molar-refractivity contribution in [3.05, 3.63) is 65.5 Å². The predicted octanol–water partition coefficient (Wildman–Crippen LogP) is 6.16. The van der Waals surface area contributed by atoms with E-state index in [0.29, 0.717) is 11.1 Å². The highest BCUT2D eigenvalue weighted by atomic mass is 32.2. The lowest BCUT2D eigenvalue weighted by molar-refractivity contribution is -0.113. The fraction of sp³-hybridized carbons (Fsp3) is 0.400. The minimum atomic E-state index is -0.278. The van der Waals surface area contributed by atoms with Crippen LogP contribution in [0.15, 0.2) is 53.7 Å². The van der Waals surface area contributed by atoms with Gasteiger partial charge in [0.1, 0.15) is 5.75 Å². The number of benzene rings is 2. The average molecular weight is 453 g/mol. The lowest BCUT2D eigenvalue weighted by atomic mass is 10.0. The van der Waals surface area contributed by atoms with Gasteiger partial charge in [0.15, 0.2) is 17.1 Å². The first kappa shape index (κ1) is 23.9. The van der Waals surface area contributed by atoms with E-state index >= 15 is 0 Å². The van der Waals surface area contributed by atoms with Gasteiger partial charge >= 0.3 is 0 Å². The van der Waals surface area contributed by atoms with Gasteiger partial charge in [-0.05, 0) is 56.9 Å². The average Bonchev–Trinajstić information content (AvgIpc) is 3.19.